The maximum Gasteiger partial charge on any atom is 0.338 e. The highest BCUT2D eigenvalue weighted by Gasteiger charge is 2.24. The maximum absolute atomic E-state index is 11.7. The van der Waals surface area contributed by atoms with Gasteiger partial charge in [0.25, 0.3) is 0 Å². The molecule has 0 atom stereocenters. The molecule has 0 aromatic rings. The van der Waals surface area contributed by atoms with Gasteiger partial charge in [-0.05, 0) is 17.2 Å². The highest BCUT2D eigenvalue weighted by molar-refractivity contribution is 6.07. The van der Waals surface area contributed by atoms with Crippen LogP contribution in [0.2, 0.25) is 0 Å². The van der Waals surface area contributed by atoms with Crippen molar-refractivity contribution in [1.82, 2.24) is 0 Å². The summed E-state index contributed by atoms with van der Waals surface area (Å²) in [6.07, 6.45) is 0. The van der Waals surface area contributed by atoms with Crippen molar-refractivity contribution in [2.75, 3.05) is 14.2 Å². The van der Waals surface area contributed by atoms with E-state index >= 15 is 0 Å². The van der Waals surface area contributed by atoms with Gasteiger partial charge in [-0.15, -0.1) is 0 Å². The van der Waals surface area contributed by atoms with Crippen molar-refractivity contribution >= 4 is 11.9 Å². The topological polar surface area (TPSA) is 52.6 Å². The van der Waals surface area contributed by atoms with E-state index in [0.29, 0.717) is 22.3 Å². The Bertz CT molecular complexity index is 526. The van der Waals surface area contributed by atoms with Crippen LogP contribution >= 0.6 is 0 Å². The van der Waals surface area contributed by atoms with E-state index in [-0.39, 0.29) is 0 Å². The van der Waals surface area contributed by atoms with Gasteiger partial charge in [-0.1, -0.05) is 30.3 Å². The minimum atomic E-state index is -0.471. The Morgan fingerprint density at radius 3 is 1.67 bits per heavy atom. The molecule has 4 nitrogen and oxygen atoms in total. The summed E-state index contributed by atoms with van der Waals surface area (Å²) in [7, 11) is 2.61. The van der Waals surface area contributed by atoms with Crippen LogP contribution in [0.3, 0.4) is 0 Å². The summed E-state index contributed by atoms with van der Waals surface area (Å²) < 4.78 is 9.42. The third kappa shape index (κ3) is 1.93. The van der Waals surface area contributed by atoms with Gasteiger partial charge >= 0.3 is 11.9 Å². The zero-order valence-corrected chi connectivity index (χ0v) is 10.1. The van der Waals surface area contributed by atoms with Gasteiger partial charge in [0.1, 0.15) is 0 Å². The van der Waals surface area contributed by atoms with E-state index in [1.165, 1.54) is 20.3 Å². The van der Waals surface area contributed by atoms with Gasteiger partial charge in [0.15, 0.2) is 0 Å². The molecule has 0 heterocycles. The second kappa shape index (κ2) is 4.87. The molecule has 0 aliphatic heterocycles. The molecule has 0 fully saturated rings. The number of carbonyl (C=O) groups excluding carboxylic acids is 2. The highest BCUT2D eigenvalue weighted by Crippen LogP contribution is 2.32. The van der Waals surface area contributed by atoms with Crippen LogP contribution < -0.4 is 0 Å². The average Bonchev–Trinajstić information content (AvgIpc) is 2.59. The van der Waals surface area contributed by atoms with Crippen LogP contribution in [-0.2, 0) is 9.47 Å². The Hall–Kier alpha value is -2.36. The number of esters is 2. The number of fused-ring (bicyclic) bond motifs is 1. The first-order valence-corrected chi connectivity index (χ1v) is 5.37. The van der Waals surface area contributed by atoms with Gasteiger partial charge in [0, 0.05) is 0 Å². The van der Waals surface area contributed by atoms with Crippen molar-refractivity contribution in [3.63, 3.8) is 0 Å². The molecule has 0 aromatic carbocycles. The van der Waals surface area contributed by atoms with E-state index in [0.717, 1.165) is 0 Å². The van der Waals surface area contributed by atoms with E-state index in [2.05, 4.69) is 0 Å². The zero-order chi connectivity index (χ0) is 13.1. The van der Waals surface area contributed by atoms with Gasteiger partial charge in [-0.3, -0.25) is 0 Å². The SMILES string of the molecule is COC(=O)c1cc(C(=O)OC)c2cccccc1-2. The highest BCUT2D eigenvalue weighted by atomic mass is 16.5. The predicted octanol–water partition coefficient (Wildman–Crippen LogP) is 2.36. The van der Waals surface area contributed by atoms with E-state index in [4.69, 9.17) is 9.47 Å². The first kappa shape index (κ1) is 12.1. The maximum atomic E-state index is 11.7. The van der Waals surface area contributed by atoms with Crippen LogP contribution in [0.25, 0.3) is 11.1 Å². The summed E-state index contributed by atoms with van der Waals surface area (Å²) in [4.78, 5) is 23.4. The zero-order valence-electron chi connectivity index (χ0n) is 10.1. The second-order valence-electron chi connectivity index (χ2n) is 3.69. The largest absolute Gasteiger partial charge is 0.465 e. The lowest BCUT2D eigenvalue weighted by Gasteiger charge is -2.00. The van der Waals surface area contributed by atoms with Gasteiger partial charge in [-0.2, -0.15) is 0 Å². The Balaban J connectivity index is 2.68. The average molecular weight is 244 g/mol. The summed E-state index contributed by atoms with van der Waals surface area (Å²) in [6.45, 7) is 0. The van der Waals surface area contributed by atoms with Crippen LogP contribution in [0.15, 0.2) is 36.4 Å². The fourth-order valence-electron chi connectivity index (χ4n) is 1.87. The van der Waals surface area contributed by atoms with Crippen LogP contribution in [0.1, 0.15) is 20.7 Å². The molecule has 0 spiro atoms. The van der Waals surface area contributed by atoms with Crippen LogP contribution in [-0.4, -0.2) is 26.2 Å². The normalized spacial score (nSPS) is 10.1. The fraction of sp³-hybridized carbons (Fsp3) is 0.143. The molecule has 0 bridgehead atoms. The van der Waals surface area contributed by atoms with Crippen molar-refractivity contribution in [2.24, 2.45) is 0 Å². The van der Waals surface area contributed by atoms with Gasteiger partial charge in [0.05, 0.1) is 25.3 Å². The van der Waals surface area contributed by atoms with Crippen LogP contribution in [0.4, 0.5) is 0 Å². The Kier molecular flexibility index (Phi) is 3.28. The minimum Gasteiger partial charge on any atom is -0.465 e. The second-order valence-corrected chi connectivity index (χ2v) is 3.69. The molecule has 0 radical (unpaired) electrons. The van der Waals surface area contributed by atoms with Gasteiger partial charge in [-0.25, -0.2) is 9.59 Å². The molecule has 0 N–H and O–H groups in total. The number of rotatable bonds is 2. The van der Waals surface area contributed by atoms with E-state index < -0.39 is 11.9 Å². The summed E-state index contributed by atoms with van der Waals surface area (Å²) >= 11 is 0. The van der Waals surface area contributed by atoms with Gasteiger partial charge < -0.3 is 9.47 Å². The number of hydrogen-bond donors (Lipinski definition) is 0. The third-order valence-electron chi connectivity index (χ3n) is 2.72. The lowest BCUT2D eigenvalue weighted by Crippen LogP contribution is -2.01. The van der Waals surface area contributed by atoms with E-state index in [9.17, 15) is 9.59 Å². The molecular weight excluding hydrogens is 232 g/mol. The molecular formula is C14H12O4. The van der Waals surface area contributed by atoms with Crippen molar-refractivity contribution in [3.05, 3.63) is 47.5 Å². The molecule has 92 valence electrons. The molecule has 18 heavy (non-hydrogen) atoms. The van der Waals surface area contributed by atoms with Crippen molar-refractivity contribution in [1.29, 1.82) is 0 Å². The summed E-state index contributed by atoms with van der Waals surface area (Å²) in [6, 6.07) is 10.5. The first-order chi connectivity index (χ1) is 8.69. The number of ether oxygens (including phenoxy) is 2. The van der Waals surface area contributed by atoms with Crippen LogP contribution in [0.5, 0.6) is 0 Å². The van der Waals surface area contributed by atoms with Crippen molar-refractivity contribution in [3.8, 4) is 11.1 Å². The molecule has 2 rings (SSSR count). The molecule has 2 aliphatic rings. The van der Waals surface area contributed by atoms with Crippen molar-refractivity contribution in [2.45, 2.75) is 0 Å². The first-order valence-electron chi connectivity index (χ1n) is 5.37. The van der Waals surface area contributed by atoms with E-state index in [1.54, 1.807) is 24.3 Å². The number of hydrogen-bond acceptors (Lipinski definition) is 4. The molecule has 0 saturated heterocycles. The smallest absolute Gasteiger partial charge is 0.338 e. The Labute approximate surface area is 104 Å². The summed E-state index contributed by atoms with van der Waals surface area (Å²) in [5.41, 5.74) is 2.08. The molecule has 2 aliphatic carbocycles. The lowest BCUT2D eigenvalue weighted by atomic mass is 10.1. The summed E-state index contributed by atoms with van der Waals surface area (Å²) in [5, 5.41) is 0. The summed E-state index contributed by atoms with van der Waals surface area (Å²) in [5.74, 6) is -0.942. The molecule has 0 saturated carbocycles. The predicted molar refractivity (Wildman–Crippen MR) is 65.7 cm³/mol. The third-order valence-corrected chi connectivity index (χ3v) is 2.72. The molecule has 4 heteroatoms. The monoisotopic (exact) mass is 244 g/mol. The lowest BCUT2D eigenvalue weighted by molar-refractivity contribution is 0.0600. The van der Waals surface area contributed by atoms with E-state index in [1.807, 2.05) is 6.07 Å². The Morgan fingerprint density at radius 1 is 0.833 bits per heavy atom. The number of carbonyl (C=O) groups is 2. The Morgan fingerprint density at radius 2 is 1.28 bits per heavy atom. The van der Waals surface area contributed by atoms with Crippen molar-refractivity contribution < 1.29 is 19.1 Å². The minimum absolute atomic E-state index is 0.365. The van der Waals surface area contributed by atoms with Gasteiger partial charge in [0.2, 0.25) is 0 Å². The molecule has 0 aromatic heterocycles. The molecule has 0 amide bonds. The fourth-order valence-corrected chi connectivity index (χ4v) is 1.87. The number of methoxy groups -OCH3 is 2. The quantitative estimate of drug-likeness (QED) is 0.761. The van der Waals surface area contributed by atoms with Crippen LogP contribution in [0, 0.1) is 0 Å². The molecule has 0 unspecified atom stereocenters. The standard InChI is InChI=1S/C14H12O4/c1-17-13(15)11-8-12(14(16)18-2)10-7-5-3-4-6-9(10)11/h3-8H,1-2H3.